The topological polar surface area (TPSA) is 73.2 Å². The van der Waals surface area contributed by atoms with Crippen LogP contribution in [0.25, 0.3) is 0 Å². The Hall–Kier alpha value is -2.41. The lowest BCUT2D eigenvalue weighted by molar-refractivity contribution is -0.133. The molecule has 0 saturated carbocycles. The highest BCUT2D eigenvalue weighted by molar-refractivity contribution is 6.47. The Labute approximate surface area is 248 Å². The summed E-state index contributed by atoms with van der Waals surface area (Å²) in [6.07, 6.45) is 4.22. The van der Waals surface area contributed by atoms with Crippen LogP contribution in [0.4, 0.5) is 0 Å². The number of halogens is 2. The molecule has 4 rings (SSSR count). The number of hydrogen-bond donors (Lipinski definition) is 1. The SMILES string of the molecule is CC(C)CCN1CCC2(CC1)N=C(c1cc(Cl)cc(Cl)c1)C(=O)N2[C@H](CCC(C)(C)C)c1ccc(C(=O)O)cc1. The quantitative estimate of drug-likeness (QED) is 0.326. The minimum atomic E-state index is -0.969. The van der Waals surface area contributed by atoms with Crippen LogP contribution in [0, 0.1) is 11.3 Å². The summed E-state index contributed by atoms with van der Waals surface area (Å²) in [6, 6.07) is 11.9. The third kappa shape index (κ3) is 7.07. The van der Waals surface area contributed by atoms with E-state index in [0.717, 1.165) is 57.3 Å². The molecule has 2 aromatic rings. The van der Waals surface area contributed by atoms with Gasteiger partial charge in [-0.3, -0.25) is 9.79 Å². The van der Waals surface area contributed by atoms with Crippen molar-refractivity contribution in [3.05, 3.63) is 69.2 Å². The monoisotopic (exact) mass is 585 g/mol. The van der Waals surface area contributed by atoms with Crippen molar-refractivity contribution in [1.82, 2.24) is 9.80 Å². The third-order valence-corrected chi connectivity index (χ3v) is 8.46. The first kappa shape index (κ1) is 30.5. The lowest BCUT2D eigenvalue weighted by atomic mass is 9.84. The van der Waals surface area contributed by atoms with Crippen molar-refractivity contribution in [3.8, 4) is 0 Å². The van der Waals surface area contributed by atoms with Crippen molar-refractivity contribution in [3.63, 3.8) is 0 Å². The fourth-order valence-electron chi connectivity index (χ4n) is 5.71. The first-order chi connectivity index (χ1) is 18.8. The molecule has 40 heavy (non-hydrogen) atoms. The van der Waals surface area contributed by atoms with E-state index in [0.29, 0.717) is 27.2 Å². The molecular formula is C32H41Cl2N3O3. The molecule has 0 bridgehead atoms. The predicted octanol–water partition coefficient (Wildman–Crippen LogP) is 7.73. The summed E-state index contributed by atoms with van der Waals surface area (Å²) < 4.78 is 0. The van der Waals surface area contributed by atoms with Crippen molar-refractivity contribution in [2.45, 2.75) is 78.4 Å². The molecule has 1 N–H and O–H groups in total. The largest absolute Gasteiger partial charge is 0.478 e. The van der Waals surface area contributed by atoms with Crippen LogP contribution in [-0.2, 0) is 4.79 Å². The van der Waals surface area contributed by atoms with Crippen LogP contribution in [-0.4, -0.2) is 57.8 Å². The summed E-state index contributed by atoms with van der Waals surface area (Å²) in [5, 5.41) is 10.4. The van der Waals surface area contributed by atoms with Crippen LogP contribution < -0.4 is 0 Å². The molecule has 1 fully saturated rings. The second-order valence-electron chi connectivity index (χ2n) is 12.8. The fourth-order valence-corrected chi connectivity index (χ4v) is 6.24. The van der Waals surface area contributed by atoms with Crippen LogP contribution in [0.3, 0.4) is 0 Å². The second-order valence-corrected chi connectivity index (χ2v) is 13.7. The van der Waals surface area contributed by atoms with Gasteiger partial charge in [0.05, 0.1) is 11.6 Å². The minimum absolute atomic E-state index is 0.0551. The summed E-state index contributed by atoms with van der Waals surface area (Å²) in [4.78, 5) is 35.7. The van der Waals surface area contributed by atoms with Gasteiger partial charge < -0.3 is 14.9 Å². The van der Waals surface area contributed by atoms with Crippen molar-refractivity contribution >= 4 is 40.8 Å². The summed E-state index contributed by atoms with van der Waals surface area (Å²) in [5.41, 5.74) is 1.53. The molecule has 2 aliphatic rings. The Morgan fingerprint density at radius 3 is 2.15 bits per heavy atom. The fraction of sp³-hybridized carbons (Fsp3) is 0.531. The zero-order valence-corrected chi connectivity index (χ0v) is 25.7. The van der Waals surface area contributed by atoms with Crippen molar-refractivity contribution < 1.29 is 14.7 Å². The summed E-state index contributed by atoms with van der Waals surface area (Å²) >= 11 is 12.7. The average molecular weight is 587 g/mol. The van der Waals surface area contributed by atoms with Gasteiger partial charge in [-0.05, 0) is 73.0 Å². The summed E-state index contributed by atoms with van der Waals surface area (Å²) in [5.74, 6) is -0.466. The molecule has 8 heteroatoms. The lowest BCUT2D eigenvalue weighted by Crippen LogP contribution is -2.55. The van der Waals surface area contributed by atoms with Crippen LogP contribution in [0.5, 0.6) is 0 Å². The number of carboxylic acids is 1. The first-order valence-electron chi connectivity index (χ1n) is 14.2. The number of aromatic carboxylic acids is 1. The Morgan fingerprint density at radius 1 is 1.02 bits per heavy atom. The number of carbonyl (C=O) groups excluding carboxylic acids is 1. The molecule has 1 atom stereocenters. The molecule has 0 radical (unpaired) electrons. The molecule has 216 valence electrons. The highest BCUT2D eigenvalue weighted by Crippen LogP contribution is 2.45. The van der Waals surface area contributed by atoms with Gasteiger partial charge in [0.2, 0.25) is 0 Å². The zero-order chi connectivity index (χ0) is 29.2. The molecular weight excluding hydrogens is 545 g/mol. The number of amides is 1. The van der Waals surface area contributed by atoms with E-state index in [1.165, 1.54) is 0 Å². The van der Waals surface area contributed by atoms with Gasteiger partial charge in [0.25, 0.3) is 5.91 Å². The maximum absolute atomic E-state index is 14.4. The number of benzene rings is 2. The van der Waals surface area contributed by atoms with Crippen LogP contribution in [0.15, 0.2) is 47.5 Å². The van der Waals surface area contributed by atoms with E-state index in [2.05, 4.69) is 39.5 Å². The molecule has 1 spiro atoms. The lowest BCUT2D eigenvalue weighted by Gasteiger charge is -2.46. The minimum Gasteiger partial charge on any atom is -0.478 e. The predicted molar refractivity (Wildman–Crippen MR) is 163 cm³/mol. The first-order valence-corrected chi connectivity index (χ1v) is 15.0. The van der Waals surface area contributed by atoms with Gasteiger partial charge in [-0.15, -0.1) is 0 Å². The van der Waals surface area contributed by atoms with Crippen molar-refractivity contribution in [1.29, 1.82) is 0 Å². The van der Waals surface area contributed by atoms with Gasteiger partial charge in [-0.2, -0.15) is 0 Å². The van der Waals surface area contributed by atoms with E-state index in [1.807, 2.05) is 17.0 Å². The van der Waals surface area contributed by atoms with Crippen LogP contribution in [0.1, 0.15) is 94.2 Å². The van der Waals surface area contributed by atoms with Gasteiger partial charge in [0.1, 0.15) is 11.4 Å². The Kier molecular flexibility index (Phi) is 9.33. The molecule has 0 unspecified atom stereocenters. The molecule has 1 amide bonds. The van der Waals surface area contributed by atoms with Crippen molar-refractivity contribution in [2.24, 2.45) is 16.3 Å². The van der Waals surface area contributed by atoms with Gasteiger partial charge in [-0.1, -0.05) is 70.0 Å². The second kappa shape index (κ2) is 12.2. The van der Waals surface area contributed by atoms with E-state index in [4.69, 9.17) is 28.2 Å². The van der Waals surface area contributed by atoms with Crippen LogP contribution in [0.2, 0.25) is 10.0 Å². The number of hydrogen-bond acceptors (Lipinski definition) is 4. The number of aliphatic imine (C=N–C) groups is 1. The molecule has 2 aromatic carbocycles. The molecule has 2 aliphatic heterocycles. The summed E-state index contributed by atoms with van der Waals surface area (Å²) in [7, 11) is 0. The summed E-state index contributed by atoms with van der Waals surface area (Å²) in [6.45, 7) is 13.8. The number of piperidine rings is 1. The van der Waals surface area contributed by atoms with Crippen LogP contribution >= 0.6 is 23.2 Å². The highest BCUT2D eigenvalue weighted by atomic mass is 35.5. The number of carboxylic acid groups (broad SMARTS) is 1. The number of nitrogens with zero attached hydrogens (tertiary/aromatic N) is 3. The highest BCUT2D eigenvalue weighted by Gasteiger charge is 2.51. The standard InChI is InChI=1S/C32H41Cl2N3O3/c1-21(2)11-15-36-16-13-32(14-17-36)35-28(24-18-25(33)20-26(34)19-24)29(38)37(32)27(10-12-31(3,4)5)22-6-8-23(9-7-22)30(39)40/h6-9,18-21,27H,10-17H2,1-5H3,(H,39,40)/t27-/m1/s1. The molecule has 0 aliphatic carbocycles. The van der Waals surface area contributed by atoms with E-state index >= 15 is 0 Å². The van der Waals surface area contributed by atoms with Gasteiger partial charge >= 0.3 is 5.97 Å². The van der Waals surface area contributed by atoms with Gasteiger partial charge in [0, 0.05) is 41.5 Å². The van der Waals surface area contributed by atoms with Gasteiger partial charge in [0.15, 0.2) is 0 Å². The van der Waals surface area contributed by atoms with E-state index in [9.17, 15) is 14.7 Å². The van der Waals surface area contributed by atoms with Crippen molar-refractivity contribution in [2.75, 3.05) is 19.6 Å². The van der Waals surface area contributed by atoms with Gasteiger partial charge in [-0.25, -0.2) is 4.79 Å². The molecule has 0 aromatic heterocycles. The van der Waals surface area contributed by atoms with E-state index < -0.39 is 11.6 Å². The number of likely N-dealkylation sites (tertiary alicyclic amines) is 1. The Balaban J connectivity index is 1.77. The van der Waals surface area contributed by atoms with E-state index in [1.54, 1.807) is 30.3 Å². The third-order valence-electron chi connectivity index (χ3n) is 8.03. The molecule has 2 heterocycles. The molecule has 6 nitrogen and oxygen atoms in total. The maximum Gasteiger partial charge on any atom is 0.335 e. The molecule has 1 saturated heterocycles. The smallest absolute Gasteiger partial charge is 0.335 e. The Morgan fingerprint density at radius 2 is 1.62 bits per heavy atom. The Bertz CT molecular complexity index is 1240. The van der Waals surface area contributed by atoms with E-state index in [-0.39, 0.29) is 22.9 Å². The zero-order valence-electron chi connectivity index (χ0n) is 24.2. The maximum atomic E-state index is 14.4. The number of rotatable bonds is 9. The average Bonchev–Trinajstić information content (AvgIpc) is 3.14. The number of carbonyl (C=O) groups is 2. The normalized spacial score (nSPS) is 18.4.